The zero-order valence-corrected chi connectivity index (χ0v) is 13.1. The number of hydrogen-bond donors (Lipinski definition) is 2. The predicted molar refractivity (Wildman–Crippen MR) is 81.9 cm³/mol. The Morgan fingerprint density at radius 3 is 2.29 bits per heavy atom. The molecule has 0 saturated carbocycles. The Labute approximate surface area is 126 Å². The lowest BCUT2D eigenvalue weighted by Crippen LogP contribution is -2.46. The zero-order chi connectivity index (χ0) is 15.8. The highest BCUT2D eigenvalue weighted by Gasteiger charge is 2.19. The third kappa shape index (κ3) is 5.95. The number of carbonyl (C=O) groups is 2. The number of hydrogen-bond acceptors (Lipinski definition) is 4. The molecule has 0 aliphatic heterocycles. The smallest absolute Gasteiger partial charge is 0.329 e. The number of benzene rings is 1. The van der Waals surface area contributed by atoms with Crippen molar-refractivity contribution in [3.8, 4) is 0 Å². The van der Waals surface area contributed by atoms with Gasteiger partial charge in [0.25, 0.3) is 0 Å². The summed E-state index contributed by atoms with van der Waals surface area (Å²) in [5, 5.41) is 5.72. The van der Waals surface area contributed by atoms with Crippen LogP contribution in [0.4, 0.5) is 0 Å². The summed E-state index contributed by atoms with van der Waals surface area (Å²) in [6.45, 7) is 6.65. The van der Waals surface area contributed by atoms with Crippen LogP contribution in [0.25, 0.3) is 0 Å². The molecule has 0 aromatic heterocycles. The van der Waals surface area contributed by atoms with E-state index in [1.807, 2.05) is 0 Å². The molecular weight excluding hydrogens is 268 g/mol. The van der Waals surface area contributed by atoms with Gasteiger partial charge in [-0.1, -0.05) is 38.1 Å². The van der Waals surface area contributed by atoms with Crippen molar-refractivity contribution in [3.63, 3.8) is 0 Å². The molecule has 116 valence electrons. The number of nitrogens with one attached hydrogen (secondary N) is 2. The highest BCUT2D eigenvalue weighted by Crippen LogP contribution is 2.14. The van der Waals surface area contributed by atoms with Crippen LogP contribution in [0.15, 0.2) is 24.3 Å². The van der Waals surface area contributed by atoms with E-state index in [-0.39, 0.29) is 5.91 Å². The lowest BCUT2D eigenvalue weighted by Gasteiger charge is -2.16. The van der Waals surface area contributed by atoms with Crippen LogP contribution in [0.2, 0.25) is 0 Å². The average molecular weight is 292 g/mol. The first-order valence-electron chi connectivity index (χ1n) is 7.08. The van der Waals surface area contributed by atoms with Crippen molar-refractivity contribution < 1.29 is 14.3 Å². The number of carbonyl (C=O) groups excluding carboxylic acids is 2. The molecule has 1 amide bonds. The molecule has 0 heterocycles. The second-order valence-electron chi connectivity index (χ2n) is 5.30. The molecule has 0 spiro atoms. The van der Waals surface area contributed by atoms with E-state index in [2.05, 4.69) is 53.5 Å². The number of ether oxygens (including phenoxy) is 1. The first kappa shape index (κ1) is 17.2. The summed E-state index contributed by atoms with van der Waals surface area (Å²) >= 11 is 0. The maximum absolute atomic E-state index is 11.5. The standard InChI is InChI=1S/C16H24N2O3/c1-11(2)14-7-5-13(6-8-14)9-17-10-15(16(20)21-4)18-12(3)19/h5-8,11,15,17H,9-10H2,1-4H3,(H,18,19). The van der Waals surface area contributed by atoms with E-state index in [1.54, 1.807) is 0 Å². The van der Waals surface area contributed by atoms with Gasteiger partial charge in [0, 0.05) is 20.0 Å². The van der Waals surface area contributed by atoms with Crippen molar-refractivity contribution in [2.24, 2.45) is 0 Å². The number of amides is 1. The van der Waals surface area contributed by atoms with Gasteiger partial charge < -0.3 is 15.4 Å². The maximum Gasteiger partial charge on any atom is 0.329 e. The summed E-state index contributed by atoms with van der Waals surface area (Å²) < 4.78 is 4.66. The van der Waals surface area contributed by atoms with E-state index >= 15 is 0 Å². The van der Waals surface area contributed by atoms with E-state index < -0.39 is 12.0 Å². The van der Waals surface area contributed by atoms with Crippen LogP contribution >= 0.6 is 0 Å². The molecule has 5 nitrogen and oxygen atoms in total. The molecule has 0 radical (unpaired) electrons. The van der Waals surface area contributed by atoms with Crippen LogP contribution in [0.1, 0.15) is 37.8 Å². The second-order valence-corrected chi connectivity index (χ2v) is 5.30. The molecule has 21 heavy (non-hydrogen) atoms. The SMILES string of the molecule is COC(=O)C(CNCc1ccc(C(C)C)cc1)NC(C)=O. The zero-order valence-electron chi connectivity index (χ0n) is 13.1. The van der Waals surface area contributed by atoms with Gasteiger partial charge in [-0.25, -0.2) is 4.79 Å². The molecule has 1 rings (SSSR count). The Balaban J connectivity index is 2.49. The summed E-state index contributed by atoms with van der Waals surface area (Å²) in [4.78, 5) is 22.6. The minimum atomic E-state index is -0.664. The lowest BCUT2D eigenvalue weighted by molar-refractivity contribution is -0.144. The van der Waals surface area contributed by atoms with Gasteiger partial charge in [-0.3, -0.25) is 4.79 Å². The average Bonchev–Trinajstić information content (AvgIpc) is 2.45. The first-order valence-corrected chi connectivity index (χ1v) is 7.08. The van der Waals surface area contributed by atoms with E-state index in [4.69, 9.17) is 0 Å². The summed E-state index contributed by atoms with van der Waals surface area (Å²) in [5.41, 5.74) is 2.43. The van der Waals surface area contributed by atoms with E-state index in [0.717, 1.165) is 5.56 Å². The lowest BCUT2D eigenvalue weighted by atomic mass is 10.0. The van der Waals surface area contributed by atoms with Gasteiger partial charge in [0.15, 0.2) is 0 Å². The van der Waals surface area contributed by atoms with Crippen molar-refractivity contribution in [1.82, 2.24) is 10.6 Å². The van der Waals surface area contributed by atoms with Crippen LogP contribution < -0.4 is 10.6 Å². The largest absolute Gasteiger partial charge is 0.467 e. The van der Waals surface area contributed by atoms with E-state index in [0.29, 0.717) is 19.0 Å². The van der Waals surface area contributed by atoms with Gasteiger partial charge in [-0.2, -0.15) is 0 Å². The molecule has 1 atom stereocenters. The normalized spacial score (nSPS) is 12.0. The van der Waals surface area contributed by atoms with Crippen molar-refractivity contribution >= 4 is 11.9 Å². The van der Waals surface area contributed by atoms with Crippen molar-refractivity contribution in [3.05, 3.63) is 35.4 Å². The summed E-state index contributed by atoms with van der Waals surface area (Å²) in [5.74, 6) is -0.197. The van der Waals surface area contributed by atoms with Crippen molar-refractivity contribution in [1.29, 1.82) is 0 Å². The van der Waals surface area contributed by atoms with Crippen LogP contribution in [-0.4, -0.2) is 31.6 Å². The Kier molecular flexibility index (Phi) is 6.88. The summed E-state index contributed by atoms with van der Waals surface area (Å²) in [6.07, 6.45) is 0. The van der Waals surface area contributed by atoms with Crippen molar-refractivity contribution in [2.45, 2.75) is 39.3 Å². The Hall–Kier alpha value is -1.88. The molecule has 0 saturated heterocycles. The summed E-state index contributed by atoms with van der Waals surface area (Å²) in [7, 11) is 1.31. The highest BCUT2D eigenvalue weighted by atomic mass is 16.5. The Morgan fingerprint density at radius 2 is 1.81 bits per heavy atom. The fourth-order valence-electron chi connectivity index (χ4n) is 1.96. The molecule has 1 unspecified atom stereocenters. The summed E-state index contributed by atoms with van der Waals surface area (Å²) in [6, 6.07) is 7.67. The van der Waals surface area contributed by atoms with Gasteiger partial charge in [0.05, 0.1) is 7.11 Å². The monoisotopic (exact) mass is 292 g/mol. The number of esters is 1. The third-order valence-electron chi connectivity index (χ3n) is 3.19. The fourth-order valence-corrected chi connectivity index (χ4v) is 1.96. The molecular formula is C16H24N2O3. The van der Waals surface area contributed by atoms with Crippen LogP contribution in [0.5, 0.6) is 0 Å². The van der Waals surface area contributed by atoms with E-state index in [1.165, 1.54) is 19.6 Å². The molecule has 0 fully saturated rings. The quantitative estimate of drug-likeness (QED) is 0.749. The fraction of sp³-hybridized carbons (Fsp3) is 0.500. The van der Waals surface area contributed by atoms with Gasteiger partial charge in [0.2, 0.25) is 5.91 Å². The topological polar surface area (TPSA) is 67.4 Å². The molecule has 0 aliphatic carbocycles. The van der Waals surface area contributed by atoms with Crippen LogP contribution in [-0.2, 0) is 20.9 Å². The van der Waals surface area contributed by atoms with Gasteiger partial charge in [-0.15, -0.1) is 0 Å². The molecule has 5 heteroatoms. The van der Waals surface area contributed by atoms with Gasteiger partial charge >= 0.3 is 5.97 Å². The van der Waals surface area contributed by atoms with Gasteiger partial charge in [0.1, 0.15) is 6.04 Å². The number of rotatable bonds is 7. The molecule has 1 aromatic rings. The molecule has 0 bridgehead atoms. The minimum Gasteiger partial charge on any atom is -0.467 e. The van der Waals surface area contributed by atoms with Crippen molar-refractivity contribution in [2.75, 3.05) is 13.7 Å². The highest BCUT2D eigenvalue weighted by molar-refractivity contribution is 5.83. The first-order chi connectivity index (χ1) is 9.93. The maximum atomic E-state index is 11.5. The molecule has 0 aliphatic rings. The molecule has 2 N–H and O–H groups in total. The van der Waals surface area contributed by atoms with Crippen LogP contribution in [0.3, 0.4) is 0 Å². The Bertz CT molecular complexity index is 469. The van der Waals surface area contributed by atoms with Crippen LogP contribution in [0, 0.1) is 0 Å². The Morgan fingerprint density at radius 1 is 1.19 bits per heavy atom. The third-order valence-corrected chi connectivity index (χ3v) is 3.19. The predicted octanol–water partition coefficient (Wildman–Crippen LogP) is 1.58. The second kappa shape index (κ2) is 8.42. The van der Waals surface area contributed by atoms with E-state index in [9.17, 15) is 9.59 Å². The molecule has 1 aromatic carbocycles. The van der Waals surface area contributed by atoms with Gasteiger partial charge in [-0.05, 0) is 17.0 Å². The number of methoxy groups -OCH3 is 1. The minimum absolute atomic E-state index is 0.256.